The van der Waals surface area contributed by atoms with E-state index in [2.05, 4.69) is 9.80 Å². The first-order valence-corrected chi connectivity index (χ1v) is 9.43. The zero-order valence-corrected chi connectivity index (χ0v) is 14.1. The summed E-state index contributed by atoms with van der Waals surface area (Å²) in [5, 5.41) is 9.94. The average molecular weight is 322 g/mol. The van der Waals surface area contributed by atoms with Crippen LogP contribution >= 0.6 is 0 Å². The van der Waals surface area contributed by atoms with Gasteiger partial charge in [0.25, 0.3) is 0 Å². The lowest BCUT2D eigenvalue weighted by Gasteiger charge is -2.40. The summed E-state index contributed by atoms with van der Waals surface area (Å²) >= 11 is 0. The molecule has 0 aromatic heterocycles. The Hall–Kier alpha value is -0.650. The summed E-state index contributed by atoms with van der Waals surface area (Å²) in [6.45, 7) is 5.79. The van der Waals surface area contributed by atoms with Crippen molar-refractivity contribution in [3.8, 4) is 0 Å². The number of aliphatic hydroxyl groups excluding tert-OH is 1. The number of nitrogens with zero attached hydrogens (tertiary/aromatic N) is 2. The molecule has 130 valence electrons. The van der Waals surface area contributed by atoms with Crippen LogP contribution < -0.4 is 0 Å². The van der Waals surface area contributed by atoms with Gasteiger partial charge in [-0.1, -0.05) is 6.42 Å². The molecule has 1 N–H and O–H groups in total. The van der Waals surface area contributed by atoms with Crippen molar-refractivity contribution >= 4 is 5.91 Å². The molecule has 23 heavy (non-hydrogen) atoms. The highest BCUT2D eigenvalue weighted by atomic mass is 16.5. The molecule has 1 aliphatic carbocycles. The van der Waals surface area contributed by atoms with Crippen molar-refractivity contribution < 1.29 is 14.6 Å². The maximum atomic E-state index is 12.4. The lowest BCUT2D eigenvalue weighted by Crippen LogP contribution is -2.49. The van der Waals surface area contributed by atoms with Crippen molar-refractivity contribution in [2.24, 2.45) is 17.3 Å². The van der Waals surface area contributed by atoms with Crippen LogP contribution in [0.4, 0.5) is 0 Å². The van der Waals surface area contributed by atoms with Crippen LogP contribution in [0.5, 0.6) is 0 Å². The van der Waals surface area contributed by atoms with E-state index in [9.17, 15) is 9.90 Å². The third-order valence-corrected chi connectivity index (χ3v) is 6.96. The predicted molar refractivity (Wildman–Crippen MR) is 87.0 cm³/mol. The minimum atomic E-state index is 0.0666. The molecule has 3 aliphatic heterocycles. The largest absolute Gasteiger partial charge is 0.396 e. The average Bonchev–Trinajstić information content (AvgIpc) is 2.93. The van der Waals surface area contributed by atoms with Crippen LogP contribution in [0.25, 0.3) is 0 Å². The van der Waals surface area contributed by atoms with Crippen molar-refractivity contribution in [3.63, 3.8) is 0 Å². The van der Waals surface area contributed by atoms with Gasteiger partial charge in [-0.25, -0.2) is 0 Å². The Labute approximate surface area is 139 Å². The van der Waals surface area contributed by atoms with Crippen LogP contribution in [0.2, 0.25) is 0 Å². The third kappa shape index (κ3) is 2.81. The van der Waals surface area contributed by atoms with Crippen LogP contribution in [-0.4, -0.2) is 72.9 Å². The molecule has 0 unspecified atom stereocenters. The first-order valence-electron chi connectivity index (χ1n) is 9.43. The molecular formula is C18H30N2O3. The van der Waals surface area contributed by atoms with Gasteiger partial charge in [0, 0.05) is 56.1 Å². The molecular weight excluding hydrogens is 292 g/mol. The fraction of sp³-hybridized carbons (Fsp3) is 0.944. The highest BCUT2D eigenvalue weighted by Crippen LogP contribution is 2.43. The maximum Gasteiger partial charge on any atom is 0.225 e. The van der Waals surface area contributed by atoms with Crippen LogP contribution in [0.1, 0.15) is 38.5 Å². The summed E-state index contributed by atoms with van der Waals surface area (Å²) in [5.74, 6) is 1.22. The first-order chi connectivity index (χ1) is 11.2. The van der Waals surface area contributed by atoms with Gasteiger partial charge in [-0.15, -0.1) is 0 Å². The molecule has 1 saturated carbocycles. The number of hydrogen-bond acceptors (Lipinski definition) is 4. The second kappa shape index (κ2) is 6.34. The van der Waals surface area contributed by atoms with E-state index in [0.29, 0.717) is 23.8 Å². The van der Waals surface area contributed by atoms with Crippen molar-refractivity contribution in [2.75, 3.05) is 46.0 Å². The van der Waals surface area contributed by atoms with E-state index in [1.54, 1.807) is 0 Å². The van der Waals surface area contributed by atoms with Gasteiger partial charge in [0.15, 0.2) is 0 Å². The summed E-state index contributed by atoms with van der Waals surface area (Å²) in [5.41, 5.74) is 0.0666. The topological polar surface area (TPSA) is 53.0 Å². The summed E-state index contributed by atoms with van der Waals surface area (Å²) in [7, 11) is 0. The molecule has 3 saturated heterocycles. The molecule has 0 radical (unpaired) electrons. The van der Waals surface area contributed by atoms with Gasteiger partial charge >= 0.3 is 0 Å². The van der Waals surface area contributed by atoms with E-state index < -0.39 is 0 Å². The van der Waals surface area contributed by atoms with Crippen molar-refractivity contribution in [3.05, 3.63) is 0 Å². The molecule has 3 heterocycles. The molecule has 5 heteroatoms. The standard InChI is InChI=1S/C18H30N2O3/c21-13-18-6-9-23-11-15(18)10-20(12-18)16-4-7-19(8-5-16)17(22)14-2-1-3-14/h14-16,21H,1-13H2/t15-,18-/m1/s1. The Kier molecular flexibility index (Phi) is 4.37. The zero-order valence-electron chi connectivity index (χ0n) is 14.1. The summed E-state index contributed by atoms with van der Waals surface area (Å²) in [4.78, 5) is 17.1. The van der Waals surface area contributed by atoms with Crippen LogP contribution in [0.3, 0.4) is 0 Å². The number of ether oxygens (including phenoxy) is 1. The molecule has 1 amide bonds. The third-order valence-electron chi connectivity index (χ3n) is 6.96. The predicted octanol–water partition coefficient (Wildman–Crippen LogP) is 1.11. The van der Waals surface area contributed by atoms with E-state index in [0.717, 1.165) is 71.5 Å². The van der Waals surface area contributed by atoms with Gasteiger partial charge in [0.05, 0.1) is 13.2 Å². The number of fused-ring (bicyclic) bond motifs is 1. The van der Waals surface area contributed by atoms with Gasteiger partial charge in [-0.3, -0.25) is 9.69 Å². The summed E-state index contributed by atoms with van der Waals surface area (Å²) in [6.07, 6.45) is 6.61. The molecule has 4 aliphatic rings. The lowest BCUT2D eigenvalue weighted by atomic mass is 9.75. The van der Waals surface area contributed by atoms with Crippen molar-refractivity contribution in [2.45, 2.75) is 44.6 Å². The van der Waals surface area contributed by atoms with Crippen LogP contribution in [-0.2, 0) is 9.53 Å². The Bertz CT molecular complexity index is 446. The van der Waals surface area contributed by atoms with Gasteiger partial charge < -0.3 is 14.7 Å². The van der Waals surface area contributed by atoms with Gasteiger partial charge in [0.1, 0.15) is 0 Å². The quantitative estimate of drug-likeness (QED) is 0.846. The van der Waals surface area contributed by atoms with E-state index in [1.165, 1.54) is 6.42 Å². The molecule has 4 rings (SSSR count). The zero-order chi connectivity index (χ0) is 15.9. The minimum absolute atomic E-state index is 0.0666. The molecule has 0 spiro atoms. The fourth-order valence-corrected chi connectivity index (χ4v) is 4.99. The number of aliphatic hydroxyl groups is 1. The number of piperidine rings is 1. The van der Waals surface area contributed by atoms with Gasteiger partial charge in [-0.05, 0) is 32.1 Å². The van der Waals surface area contributed by atoms with E-state index >= 15 is 0 Å². The number of carbonyl (C=O) groups is 1. The summed E-state index contributed by atoms with van der Waals surface area (Å²) < 4.78 is 5.65. The van der Waals surface area contributed by atoms with Crippen LogP contribution in [0.15, 0.2) is 0 Å². The van der Waals surface area contributed by atoms with E-state index in [4.69, 9.17) is 4.74 Å². The SMILES string of the molecule is O=C(C1CCC1)N1CCC(N2C[C@@H]3COCC[C@]3(CO)C2)CC1. The molecule has 0 aromatic carbocycles. The Morgan fingerprint density at radius 1 is 1.22 bits per heavy atom. The molecule has 0 aromatic rings. The van der Waals surface area contributed by atoms with Gasteiger partial charge in [0.2, 0.25) is 5.91 Å². The monoisotopic (exact) mass is 322 g/mol. The van der Waals surface area contributed by atoms with E-state index in [-0.39, 0.29) is 12.0 Å². The van der Waals surface area contributed by atoms with E-state index in [1.807, 2.05) is 0 Å². The number of carbonyl (C=O) groups excluding carboxylic acids is 1. The molecule has 0 bridgehead atoms. The van der Waals surface area contributed by atoms with Gasteiger partial charge in [-0.2, -0.15) is 0 Å². The smallest absolute Gasteiger partial charge is 0.225 e. The highest BCUT2D eigenvalue weighted by molar-refractivity contribution is 5.79. The molecule has 5 nitrogen and oxygen atoms in total. The Morgan fingerprint density at radius 2 is 2.00 bits per heavy atom. The maximum absolute atomic E-state index is 12.4. The number of rotatable bonds is 3. The Balaban J connectivity index is 1.33. The van der Waals surface area contributed by atoms with Crippen LogP contribution in [0, 0.1) is 17.3 Å². The molecule has 2 atom stereocenters. The number of amides is 1. The second-order valence-electron chi connectivity index (χ2n) is 8.16. The molecule has 4 fully saturated rings. The normalized spacial score (nSPS) is 36.7. The number of likely N-dealkylation sites (tertiary alicyclic amines) is 2. The fourth-order valence-electron chi connectivity index (χ4n) is 4.99. The second-order valence-corrected chi connectivity index (χ2v) is 8.16. The number of hydrogen-bond donors (Lipinski definition) is 1. The van der Waals surface area contributed by atoms with Crippen molar-refractivity contribution in [1.29, 1.82) is 0 Å². The highest BCUT2D eigenvalue weighted by Gasteiger charge is 2.49. The summed E-state index contributed by atoms with van der Waals surface area (Å²) in [6, 6.07) is 0.578. The lowest BCUT2D eigenvalue weighted by molar-refractivity contribution is -0.139. The van der Waals surface area contributed by atoms with Crippen molar-refractivity contribution in [1.82, 2.24) is 9.80 Å². The first kappa shape index (κ1) is 15.9. The Morgan fingerprint density at radius 3 is 2.61 bits per heavy atom. The minimum Gasteiger partial charge on any atom is -0.396 e.